The van der Waals surface area contributed by atoms with Gasteiger partial charge in [0.15, 0.2) is 6.29 Å². The molecule has 31 heavy (non-hydrogen) atoms. The van der Waals surface area contributed by atoms with Gasteiger partial charge in [0.25, 0.3) is 0 Å². The first kappa shape index (κ1) is 23.2. The van der Waals surface area contributed by atoms with Crippen molar-refractivity contribution in [2.75, 3.05) is 0 Å². The minimum Gasteiger partial charge on any atom is -0.393 e. The zero-order chi connectivity index (χ0) is 22.4. The number of aliphatic hydroxyl groups excluding tert-OH is 2. The third-order valence-corrected chi connectivity index (χ3v) is 9.04. The fourth-order valence-corrected chi connectivity index (χ4v) is 7.27. The lowest BCUT2D eigenvalue weighted by Gasteiger charge is -2.44. The van der Waals surface area contributed by atoms with Gasteiger partial charge in [-0.15, -0.1) is 0 Å². The lowest BCUT2D eigenvalue weighted by atomic mass is 9.60. The molecule has 1 aliphatic heterocycles. The molecule has 1 heterocycles. The molecular formula is C27H42O4. The van der Waals surface area contributed by atoms with Crippen molar-refractivity contribution in [1.82, 2.24) is 0 Å². The summed E-state index contributed by atoms with van der Waals surface area (Å²) < 4.78 is 5.68. The Morgan fingerprint density at radius 1 is 1.16 bits per heavy atom. The maximum atomic E-state index is 10.3. The summed E-state index contributed by atoms with van der Waals surface area (Å²) in [5, 5.41) is 30.3. The van der Waals surface area contributed by atoms with Gasteiger partial charge in [0.05, 0.1) is 12.2 Å². The van der Waals surface area contributed by atoms with Gasteiger partial charge in [0, 0.05) is 6.42 Å². The third kappa shape index (κ3) is 4.59. The highest BCUT2D eigenvalue weighted by atomic mass is 16.6. The number of fused-ring (bicyclic) bond motifs is 1. The van der Waals surface area contributed by atoms with Crippen LogP contribution in [0.3, 0.4) is 0 Å². The Kier molecular flexibility index (Phi) is 6.58. The van der Waals surface area contributed by atoms with Crippen molar-refractivity contribution in [3.05, 3.63) is 35.5 Å². The van der Waals surface area contributed by atoms with Crippen LogP contribution in [0.4, 0.5) is 0 Å². The monoisotopic (exact) mass is 430 g/mol. The van der Waals surface area contributed by atoms with Crippen LogP contribution in [-0.2, 0) is 4.74 Å². The maximum absolute atomic E-state index is 10.3. The first-order chi connectivity index (χ1) is 14.6. The van der Waals surface area contributed by atoms with Crippen LogP contribution in [0.1, 0.15) is 85.0 Å². The van der Waals surface area contributed by atoms with Crippen molar-refractivity contribution in [2.24, 2.45) is 23.2 Å². The SMILES string of the molecule is C=C1CC[C@H](O)C/C1=C\C=C1/CCC[C@]2(C)[C@@H]([C@H](C)C[C@H]3C[C@@](C)(O)C(O)O3)CC[C@@H]12. The predicted octanol–water partition coefficient (Wildman–Crippen LogP) is 5.04. The average molecular weight is 431 g/mol. The van der Waals surface area contributed by atoms with Crippen LogP contribution in [0, 0.1) is 23.2 Å². The minimum absolute atomic E-state index is 0.0604. The molecule has 0 aromatic carbocycles. The van der Waals surface area contributed by atoms with Gasteiger partial charge in [-0.3, -0.25) is 0 Å². The number of rotatable bonds is 4. The Hall–Kier alpha value is -0.940. The molecule has 3 aliphatic carbocycles. The molecule has 1 saturated heterocycles. The molecule has 4 aliphatic rings. The Labute approximate surface area is 188 Å². The van der Waals surface area contributed by atoms with E-state index < -0.39 is 11.9 Å². The molecule has 0 aromatic rings. The van der Waals surface area contributed by atoms with Crippen molar-refractivity contribution >= 4 is 0 Å². The fourth-order valence-electron chi connectivity index (χ4n) is 7.27. The summed E-state index contributed by atoms with van der Waals surface area (Å²) in [5.41, 5.74) is 3.18. The smallest absolute Gasteiger partial charge is 0.183 e. The van der Waals surface area contributed by atoms with E-state index >= 15 is 0 Å². The van der Waals surface area contributed by atoms with E-state index in [-0.39, 0.29) is 12.2 Å². The lowest BCUT2D eigenvalue weighted by Crippen LogP contribution is -2.36. The second-order valence-corrected chi connectivity index (χ2v) is 11.4. The standard InChI is InChI=1S/C27H42O4/c1-17-7-10-21(28)15-20(17)9-8-19-6-5-13-26(3)23(11-12-24(19)26)18(2)14-22-16-27(4,30)25(29)31-22/h8-9,18,21-25,28-30H,1,5-7,10-16H2,2-4H3/b19-8+,20-9+/t18-,21+,22+,23-,24+,25?,26-,27-/m1/s1. The highest BCUT2D eigenvalue weighted by molar-refractivity contribution is 5.36. The molecule has 8 atom stereocenters. The van der Waals surface area contributed by atoms with E-state index in [4.69, 9.17) is 4.74 Å². The van der Waals surface area contributed by atoms with Crippen LogP contribution < -0.4 is 0 Å². The highest BCUT2D eigenvalue weighted by Gasteiger charge is 2.52. The van der Waals surface area contributed by atoms with E-state index in [0.29, 0.717) is 29.6 Å². The fraction of sp³-hybridized carbons (Fsp3) is 0.778. The maximum Gasteiger partial charge on any atom is 0.183 e. The molecule has 0 spiro atoms. The first-order valence-electron chi connectivity index (χ1n) is 12.4. The number of hydrogen-bond donors (Lipinski definition) is 3. The van der Waals surface area contributed by atoms with E-state index in [1.807, 2.05) is 0 Å². The van der Waals surface area contributed by atoms with Crippen LogP contribution in [0.15, 0.2) is 35.5 Å². The van der Waals surface area contributed by atoms with Crippen LogP contribution in [0.2, 0.25) is 0 Å². The molecule has 0 radical (unpaired) electrons. The van der Waals surface area contributed by atoms with Gasteiger partial charge in [-0.25, -0.2) is 0 Å². The zero-order valence-corrected chi connectivity index (χ0v) is 19.6. The molecule has 0 bridgehead atoms. The molecule has 0 amide bonds. The molecule has 4 fully saturated rings. The van der Waals surface area contributed by atoms with Gasteiger partial charge in [-0.1, -0.05) is 43.7 Å². The number of allylic oxidation sites excluding steroid dienone is 4. The van der Waals surface area contributed by atoms with Gasteiger partial charge < -0.3 is 20.1 Å². The number of aliphatic hydroxyl groups is 3. The summed E-state index contributed by atoms with van der Waals surface area (Å²) in [6, 6.07) is 0. The summed E-state index contributed by atoms with van der Waals surface area (Å²) in [4.78, 5) is 0. The van der Waals surface area contributed by atoms with Gasteiger partial charge >= 0.3 is 0 Å². The van der Waals surface area contributed by atoms with Crippen LogP contribution in [-0.4, -0.2) is 39.4 Å². The molecule has 4 heteroatoms. The third-order valence-electron chi connectivity index (χ3n) is 9.04. The Balaban J connectivity index is 1.46. The average Bonchev–Trinajstić information content (AvgIpc) is 3.17. The molecule has 1 unspecified atom stereocenters. The van der Waals surface area contributed by atoms with Crippen molar-refractivity contribution in [3.8, 4) is 0 Å². The number of hydrogen-bond acceptors (Lipinski definition) is 4. The van der Waals surface area contributed by atoms with Crippen molar-refractivity contribution in [3.63, 3.8) is 0 Å². The van der Waals surface area contributed by atoms with E-state index in [9.17, 15) is 15.3 Å². The minimum atomic E-state index is -1.13. The van der Waals surface area contributed by atoms with E-state index in [1.165, 1.54) is 43.3 Å². The molecule has 3 N–H and O–H groups in total. The topological polar surface area (TPSA) is 69.9 Å². The Morgan fingerprint density at radius 2 is 1.94 bits per heavy atom. The second-order valence-electron chi connectivity index (χ2n) is 11.4. The van der Waals surface area contributed by atoms with Crippen molar-refractivity contribution in [2.45, 2.75) is 109 Å². The van der Waals surface area contributed by atoms with Crippen molar-refractivity contribution in [1.29, 1.82) is 0 Å². The lowest BCUT2D eigenvalue weighted by molar-refractivity contribution is -0.163. The summed E-state index contributed by atoms with van der Waals surface area (Å²) >= 11 is 0. The van der Waals surface area contributed by atoms with Gasteiger partial charge in [-0.2, -0.15) is 0 Å². The second kappa shape index (κ2) is 8.78. The highest BCUT2D eigenvalue weighted by Crippen LogP contribution is 2.60. The van der Waals surface area contributed by atoms with E-state index in [0.717, 1.165) is 25.7 Å². The Morgan fingerprint density at radius 3 is 2.65 bits per heavy atom. The molecular weight excluding hydrogens is 388 g/mol. The quantitative estimate of drug-likeness (QED) is 0.584. The van der Waals surface area contributed by atoms with E-state index in [2.05, 4.69) is 32.6 Å². The van der Waals surface area contributed by atoms with Crippen LogP contribution in [0.25, 0.3) is 0 Å². The molecule has 3 saturated carbocycles. The molecule has 174 valence electrons. The van der Waals surface area contributed by atoms with E-state index in [1.54, 1.807) is 12.5 Å². The van der Waals surface area contributed by atoms with Gasteiger partial charge in [0.1, 0.15) is 5.60 Å². The van der Waals surface area contributed by atoms with Crippen LogP contribution >= 0.6 is 0 Å². The summed E-state index contributed by atoms with van der Waals surface area (Å²) in [6.07, 6.45) is 13.3. The molecule has 0 aromatic heterocycles. The number of ether oxygens (including phenoxy) is 1. The molecule has 4 nitrogen and oxygen atoms in total. The summed E-state index contributed by atoms with van der Waals surface area (Å²) in [6.45, 7) is 10.7. The van der Waals surface area contributed by atoms with Gasteiger partial charge in [-0.05, 0) is 93.5 Å². The predicted molar refractivity (Wildman–Crippen MR) is 123 cm³/mol. The van der Waals surface area contributed by atoms with Crippen LogP contribution in [0.5, 0.6) is 0 Å². The zero-order valence-electron chi connectivity index (χ0n) is 19.6. The van der Waals surface area contributed by atoms with Gasteiger partial charge in [0.2, 0.25) is 0 Å². The van der Waals surface area contributed by atoms with Crippen molar-refractivity contribution < 1.29 is 20.1 Å². The Bertz CT molecular complexity index is 750. The molecule has 4 rings (SSSR count). The summed E-state index contributed by atoms with van der Waals surface area (Å²) in [5.74, 6) is 1.78. The normalized spacial score (nSPS) is 47.2. The summed E-state index contributed by atoms with van der Waals surface area (Å²) in [7, 11) is 0. The largest absolute Gasteiger partial charge is 0.393 e. The first-order valence-corrected chi connectivity index (χ1v) is 12.4.